The van der Waals surface area contributed by atoms with E-state index in [1.54, 1.807) is 12.1 Å². The lowest BCUT2D eigenvalue weighted by Crippen LogP contribution is -2.23. The molecular formula is C17H13F3N4O3S2. The van der Waals surface area contributed by atoms with Gasteiger partial charge in [-0.3, -0.25) is 10.1 Å². The Morgan fingerprint density at radius 1 is 1.10 bits per heavy atom. The van der Waals surface area contributed by atoms with Gasteiger partial charge >= 0.3 is 12.3 Å². The average molecular weight is 442 g/mol. The van der Waals surface area contributed by atoms with Gasteiger partial charge in [0.2, 0.25) is 10.1 Å². The molecule has 152 valence electrons. The number of rotatable bonds is 6. The Kier molecular flexibility index (Phi) is 6.44. The summed E-state index contributed by atoms with van der Waals surface area (Å²) in [6.45, 7) is 0.376. The Hall–Kier alpha value is -2.99. The van der Waals surface area contributed by atoms with Gasteiger partial charge in [0.15, 0.2) is 0 Å². The molecule has 2 amide bonds. The van der Waals surface area contributed by atoms with Crippen molar-refractivity contribution in [1.29, 1.82) is 0 Å². The van der Waals surface area contributed by atoms with Crippen LogP contribution in [0.25, 0.3) is 0 Å². The lowest BCUT2D eigenvalue weighted by molar-refractivity contribution is -0.138. The highest BCUT2D eigenvalue weighted by molar-refractivity contribution is 7.15. The van der Waals surface area contributed by atoms with Crippen molar-refractivity contribution in [2.45, 2.75) is 19.3 Å². The number of nitrogens with one attached hydrogen (secondary N) is 2. The van der Waals surface area contributed by atoms with Gasteiger partial charge in [-0.2, -0.15) is 13.2 Å². The van der Waals surface area contributed by atoms with E-state index in [0.717, 1.165) is 4.88 Å². The number of thiophene rings is 1. The summed E-state index contributed by atoms with van der Waals surface area (Å²) < 4.78 is 42.6. The van der Waals surface area contributed by atoms with Crippen LogP contribution in [0.15, 0.2) is 41.8 Å². The lowest BCUT2D eigenvalue weighted by atomic mass is 10.1. The van der Waals surface area contributed by atoms with Gasteiger partial charge in [-0.1, -0.05) is 29.5 Å². The number of halogens is 3. The number of ether oxygens (including phenoxy) is 1. The second kappa shape index (κ2) is 9.01. The molecule has 0 spiro atoms. The maximum Gasteiger partial charge on any atom is 0.445 e. The highest BCUT2D eigenvalue weighted by Crippen LogP contribution is 2.33. The van der Waals surface area contributed by atoms with Gasteiger partial charge in [-0.25, -0.2) is 4.79 Å². The van der Waals surface area contributed by atoms with Crippen molar-refractivity contribution < 1.29 is 27.5 Å². The second-order valence-electron chi connectivity index (χ2n) is 5.57. The summed E-state index contributed by atoms with van der Waals surface area (Å²) in [5.41, 5.74) is 0.850. The fourth-order valence-electron chi connectivity index (χ4n) is 2.08. The van der Waals surface area contributed by atoms with Crippen molar-refractivity contribution in [3.63, 3.8) is 0 Å². The van der Waals surface area contributed by atoms with Crippen LogP contribution in [0.3, 0.4) is 0 Å². The number of nitrogens with zero attached hydrogens (tertiary/aromatic N) is 2. The van der Waals surface area contributed by atoms with E-state index in [2.05, 4.69) is 20.8 Å². The van der Waals surface area contributed by atoms with Crippen molar-refractivity contribution in [3.05, 3.63) is 62.8 Å². The minimum Gasteiger partial charge on any atom is -0.445 e. The zero-order valence-corrected chi connectivity index (χ0v) is 16.2. The third kappa shape index (κ3) is 5.99. The van der Waals surface area contributed by atoms with E-state index >= 15 is 0 Å². The van der Waals surface area contributed by atoms with E-state index in [4.69, 9.17) is 4.74 Å². The van der Waals surface area contributed by atoms with Crippen molar-refractivity contribution in [2.75, 3.05) is 5.32 Å². The molecule has 0 bridgehead atoms. The third-order valence-corrected chi connectivity index (χ3v) is 5.22. The first-order chi connectivity index (χ1) is 13.8. The van der Waals surface area contributed by atoms with Crippen LogP contribution in [0.5, 0.6) is 0 Å². The highest BCUT2D eigenvalue weighted by atomic mass is 32.1. The van der Waals surface area contributed by atoms with Crippen LogP contribution in [0.2, 0.25) is 0 Å². The molecule has 12 heteroatoms. The van der Waals surface area contributed by atoms with Crippen LogP contribution in [-0.4, -0.2) is 22.2 Å². The van der Waals surface area contributed by atoms with Crippen molar-refractivity contribution in [1.82, 2.24) is 15.5 Å². The van der Waals surface area contributed by atoms with Gasteiger partial charge in [-0.15, -0.1) is 21.5 Å². The molecule has 0 aliphatic carbocycles. The van der Waals surface area contributed by atoms with Crippen molar-refractivity contribution in [3.8, 4) is 0 Å². The molecule has 7 nitrogen and oxygen atoms in total. The molecule has 0 aliphatic rings. The molecule has 1 aromatic carbocycles. The van der Waals surface area contributed by atoms with E-state index in [1.165, 1.54) is 23.5 Å². The first-order valence-electron chi connectivity index (χ1n) is 8.05. The normalized spacial score (nSPS) is 11.1. The Morgan fingerprint density at radius 2 is 1.86 bits per heavy atom. The average Bonchev–Trinajstić information content (AvgIpc) is 3.36. The Bertz CT molecular complexity index is 973. The number of carbonyl (C=O) groups excluding carboxylic acids is 2. The molecule has 2 aromatic heterocycles. The predicted molar refractivity (Wildman–Crippen MR) is 101 cm³/mol. The zero-order valence-electron chi connectivity index (χ0n) is 14.5. The topological polar surface area (TPSA) is 93.2 Å². The van der Waals surface area contributed by atoms with Crippen molar-refractivity contribution in [2.24, 2.45) is 0 Å². The summed E-state index contributed by atoms with van der Waals surface area (Å²) in [6, 6.07) is 9.84. The lowest BCUT2D eigenvalue weighted by Gasteiger charge is -2.07. The number of alkyl halides is 3. The van der Waals surface area contributed by atoms with Crippen LogP contribution in [0, 0.1) is 0 Å². The monoisotopic (exact) mass is 442 g/mol. The number of carbonyl (C=O) groups is 2. The Labute approximate surface area is 170 Å². The minimum absolute atomic E-state index is 0.00349. The van der Waals surface area contributed by atoms with E-state index in [9.17, 15) is 22.8 Å². The zero-order chi connectivity index (χ0) is 20.9. The van der Waals surface area contributed by atoms with Gasteiger partial charge in [0.25, 0.3) is 5.91 Å². The number of amides is 2. The molecule has 0 unspecified atom stereocenters. The highest BCUT2D eigenvalue weighted by Gasteiger charge is 2.35. The summed E-state index contributed by atoms with van der Waals surface area (Å²) in [6.07, 6.45) is -5.19. The standard InChI is InChI=1S/C17H13F3N4O3S2/c18-17(19,20)14-23-24-15(29-14)22-13(25)11-5-3-10(4-6-11)9-27-16(26)21-8-12-2-1-7-28-12/h1-7H,8-9H2,(H,21,26)(H,22,24,25). The van der Waals surface area contributed by atoms with E-state index < -0.39 is 23.2 Å². The molecule has 2 N–H and O–H groups in total. The van der Waals surface area contributed by atoms with Gasteiger partial charge in [0, 0.05) is 10.4 Å². The number of aromatic nitrogens is 2. The first kappa shape index (κ1) is 20.7. The minimum atomic E-state index is -4.61. The van der Waals surface area contributed by atoms with E-state index in [1.807, 2.05) is 17.5 Å². The number of benzene rings is 1. The molecule has 0 atom stereocenters. The molecule has 0 radical (unpaired) electrons. The first-order valence-corrected chi connectivity index (χ1v) is 9.75. The maximum absolute atomic E-state index is 12.5. The Morgan fingerprint density at radius 3 is 2.48 bits per heavy atom. The largest absolute Gasteiger partial charge is 0.445 e. The smallest absolute Gasteiger partial charge is 0.445 e. The molecule has 0 fully saturated rings. The fourth-order valence-corrected chi connectivity index (χ4v) is 3.33. The fraction of sp³-hybridized carbons (Fsp3) is 0.176. The van der Waals surface area contributed by atoms with Crippen LogP contribution in [0.4, 0.5) is 23.1 Å². The van der Waals surface area contributed by atoms with Gasteiger partial charge < -0.3 is 10.1 Å². The van der Waals surface area contributed by atoms with Crippen LogP contribution >= 0.6 is 22.7 Å². The summed E-state index contributed by atoms with van der Waals surface area (Å²) in [4.78, 5) is 24.8. The summed E-state index contributed by atoms with van der Waals surface area (Å²) in [7, 11) is 0. The number of alkyl carbamates (subject to hydrolysis) is 1. The molecule has 0 saturated heterocycles. The number of anilines is 1. The van der Waals surface area contributed by atoms with E-state index in [-0.39, 0.29) is 28.6 Å². The quantitative estimate of drug-likeness (QED) is 0.594. The third-order valence-electron chi connectivity index (χ3n) is 3.46. The van der Waals surface area contributed by atoms with Gasteiger partial charge in [0.1, 0.15) is 6.61 Å². The number of hydrogen-bond acceptors (Lipinski definition) is 7. The maximum atomic E-state index is 12.5. The Balaban J connectivity index is 1.48. The molecule has 3 rings (SSSR count). The number of hydrogen-bond donors (Lipinski definition) is 2. The van der Waals surface area contributed by atoms with Gasteiger partial charge in [-0.05, 0) is 29.1 Å². The summed E-state index contributed by atoms with van der Waals surface area (Å²) in [5.74, 6) is -0.629. The van der Waals surface area contributed by atoms with Crippen LogP contribution < -0.4 is 10.6 Å². The van der Waals surface area contributed by atoms with Crippen molar-refractivity contribution >= 4 is 39.8 Å². The van der Waals surface area contributed by atoms with Gasteiger partial charge in [0.05, 0.1) is 6.54 Å². The van der Waals surface area contributed by atoms with E-state index in [0.29, 0.717) is 12.1 Å². The molecule has 0 aliphatic heterocycles. The van der Waals surface area contributed by atoms with Crippen LogP contribution in [0.1, 0.15) is 25.8 Å². The summed E-state index contributed by atoms with van der Waals surface area (Å²) in [5, 5.41) is 11.7. The molecule has 3 aromatic rings. The molecule has 0 saturated carbocycles. The molecule has 29 heavy (non-hydrogen) atoms. The van der Waals surface area contributed by atoms with Crippen LogP contribution in [-0.2, 0) is 24.1 Å². The molecule has 2 heterocycles. The molecular weight excluding hydrogens is 429 g/mol. The summed E-state index contributed by atoms with van der Waals surface area (Å²) >= 11 is 1.75. The second-order valence-corrected chi connectivity index (χ2v) is 7.58. The SMILES string of the molecule is O=C(NCc1cccs1)OCc1ccc(C(=O)Nc2nnc(C(F)(F)F)s2)cc1. The predicted octanol–water partition coefficient (Wildman–Crippen LogP) is 4.30.